The Morgan fingerprint density at radius 1 is 1.37 bits per heavy atom. The fraction of sp³-hybridized carbons (Fsp3) is 0.467. The largest absolute Gasteiger partial charge is 0.361 e. The maximum absolute atomic E-state index is 5.22. The summed E-state index contributed by atoms with van der Waals surface area (Å²) in [4.78, 5) is 4.77. The van der Waals surface area contributed by atoms with Crippen LogP contribution in [0, 0.1) is 19.8 Å². The van der Waals surface area contributed by atoms with E-state index in [4.69, 9.17) is 9.51 Å². The lowest BCUT2D eigenvalue weighted by molar-refractivity contribution is 0.393. The molecule has 3 heterocycles. The monoisotopic (exact) mass is 257 g/mol. The Labute approximate surface area is 113 Å². The van der Waals surface area contributed by atoms with Crippen LogP contribution >= 0.6 is 0 Å². The van der Waals surface area contributed by atoms with Crippen molar-refractivity contribution in [1.29, 1.82) is 0 Å². The molecule has 1 aliphatic rings. The second-order valence-electron chi connectivity index (χ2n) is 5.28. The third-order valence-electron chi connectivity index (χ3n) is 3.76. The van der Waals surface area contributed by atoms with Gasteiger partial charge < -0.3 is 9.84 Å². The summed E-state index contributed by atoms with van der Waals surface area (Å²) in [5, 5.41) is 7.40. The molecular formula is C15H19N3O. The highest BCUT2D eigenvalue weighted by Gasteiger charge is 2.17. The predicted molar refractivity (Wildman–Crippen MR) is 73.9 cm³/mol. The molecule has 1 aliphatic heterocycles. The first-order valence-corrected chi connectivity index (χ1v) is 6.84. The second-order valence-corrected chi connectivity index (χ2v) is 5.28. The summed E-state index contributed by atoms with van der Waals surface area (Å²) < 4.78 is 5.22. The summed E-state index contributed by atoms with van der Waals surface area (Å²) in [5.41, 5.74) is 4.07. The van der Waals surface area contributed by atoms with E-state index >= 15 is 0 Å². The summed E-state index contributed by atoms with van der Waals surface area (Å²) in [5.74, 6) is 1.55. The van der Waals surface area contributed by atoms with Gasteiger partial charge in [0.25, 0.3) is 0 Å². The zero-order chi connectivity index (χ0) is 13.2. The Bertz CT molecular complexity index is 551. The molecule has 0 radical (unpaired) electrons. The van der Waals surface area contributed by atoms with Crippen LogP contribution in [0.15, 0.2) is 22.7 Å². The molecular weight excluding hydrogens is 238 g/mol. The van der Waals surface area contributed by atoms with E-state index in [9.17, 15) is 0 Å². The van der Waals surface area contributed by atoms with Gasteiger partial charge in [0, 0.05) is 5.69 Å². The number of rotatable bonds is 3. The normalized spacial score (nSPS) is 18.9. The first-order valence-electron chi connectivity index (χ1n) is 6.84. The lowest BCUT2D eigenvalue weighted by Crippen LogP contribution is -2.11. The highest BCUT2D eigenvalue weighted by atomic mass is 16.5. The quantitative estimate of drug-likeness (QED) is 0.918. The Hall–Kier alpha value is -1.68. The molecule has 0 unspecified atom stereocenters. The van der Waals surface area contributed by atoms with Crippen molar-refractivity contribution in [2.24, 2.45) is 5.92 Å². The minimum atomic E-state index is 0.715. The van der Waals surface area contributed by atoms with Crippen molar-refractivity contribution in [1.82, 2.24) is 15.5 Å². The zero-order valence-electron chi connectivity index (χ0n) is 11.4. The SMILES string of the molecule is Cc1noc(C)c1-c1cccc(C[C@@H]2CCNC2)n1. The van der Waals surface area contributed by atoms with Crippen LogP contribution in [0.25, 0.3) is 11.3 Å². The zero-order valence-corrected chi connectivity index (χ0v) is 11.4. The van der Waals surface area contributed by atoms with Crippen LogP contribution in [0.4, 0.5) is 0 Å². The average Bonchev–Trinajstić information content (AvgIpc) is 3.00. The maximum Gasteiger partial charge on any atom is 0.143 e. The van der Waals surface area contributed by atoms with E-state index in [0.717, 1.165) is 47.9 Å². The molecule has 100 valence electrons. The number of pyridine rings is 1. The summed E-state index contributed by atoms with van der Waals surface area (Å²) in [6, 6.07) is 6.22. The van der Waals surface area contributed by atoms with Crippen molar-refractivity contribution in [3.05, 3.63) is 35.3 Å². The smallest absolute Gasteiger partial charge is 0.143 e. The maximum atomic E-state index is 5.22. The van der Waals surface area contributed by atoms with Crippen molar-refractivity contribution < 1.29 is 4.52 Å². The molecule has 1 fully saturated rings. The molecule has 19 heavy (non-hydrogen) atoms. The molecule has 4 nitrogen and oxygen atoms in total. The van der Waals surface area contributed by atoms with Crippen LogP contribution in [-0.4, -0.2) is 23.2 Å². The molecule has 1 atom stereocenters. The molecule has 0 saturated carbocycles. The van der Waals surface area contributed by atoms with E-state index in [0.29, 0.717) is 5.92 Å². The van der Waals surface area contributed by atoms with Gasteiger partial charge in [-0.2, -0.15) is 0 Å². The molecule has 0 bridgehead atoms. The predicted octanol–water partition coefficient (Wildman–Crippen LogP) is 2.51. The van der Waals surface area contributed by atoms with Gasteiger partial charge in [-0.3, -0.25) is 4.98 Å². The first kappa shape index (κ1) is 12.4. The number of hydrogen-bond donors (Lipinski definition) is 1. The van der Waals surface area contributed by atoms with Gasteiger partial charge in [-0.05, 0) is 57.8 Å². The van der Waals surface area contributed by atoms with E-state index in [-0.39, 0.29) is 0 Å². The third-order valence-corrected chi connectivity index (χ3v) is 3.76. The first-order chi connectivity index (χ1) is 9.24. The van der Waals surface area contributed by atoms with Crippen molar-refractivity contribution in [2.45, 2.75) is 26.7 Å². The van der Waals surface area contributed by atoms with Gasteiger partial charge in [0.1, 0.15) is 5.76 Å². The molecule has 1 N–H and O–H groups in total. The molecule has 3 rings (SSSR count). The van der Waals surface area contributed by atoms with E-state index in [1.807, 2.05) is 19.9 Å². The summed E-state index contributed by atoms with van der Waals surface area (Å²) >= 11 is 0. The van der Waals surface area contributed by atoms with Gasteiger partial charge in [0.05, 0.1) is 17.0 Å². The van der Waals surface area contributed by atoms with Crippen molar-refractivity contribution in [3.63, 3.8) is 0 Å². The second kappa shape index (κ2) is 5.13. The number of nitrogens with one attached hydrogen (secondary N) is 1. The van der Waals surface area contributed by atoms with E-state index in [1.165, 1.54) is 6.42 Å². The molecule has 0 spiro atoms. The lowest BCUT2D eigenvalue weighted by atomic mass is 10.0. The summed E-state index contributed by atoms with van der Waals surface area (Å²) in [6.07, 6.45) is 2.29. The highest BCUT2D eigenvalue weighted by Crippen LogP contribution is 2.25. The number of hydrogen-bond acceptors (Lipinski definition) is 4. The van der Waals surface area contributed by atoms with Gasteiger partial charge in [0.2, 0.25) is 0 Å². The summed E-state index contributed by atoms with van der Waals surface area (Å²) in [6.45, 7) is 6.14. The molecule has 2 aromatic rings. The number of aryl methyl sites for hydroxylation is 2. The van der Waals surface area contributed by atoms with Crippen LogP contribution < -0.4 is 5.32 Å². The van der Waals surface area contributed by atoms with Crippen LogP contribution in [-0.2, 0) is 6.42 Å². The van der Waals surface area contributed by atoms with Crippen molar-refractivity contribution >= 4 is 0 Å². The summed E-state index contributed by atoms with van der Waals surface area (Å²) in [7, 11) is 0. The van der Waals surface area contributed by atoms with Gasteiger partial charge >= 0.3 is 0 Å². The van der Waals surface area contributed by atoms with Gasteiger partial charge in [-0.25, -0.2) is 0 Å². The number of nitrogens with zero attached hydrogens (tertiary/aromatic N) is 2. The van der Waals surface area contributed by atoms with Crippen molar-refractivity contribution in [3.8, 4) is 11.3 Å². The molecule has 0 aliphatic carbocycles. The van der Waals surface area contributed by atoms with E-state index in [1.54, 1.807) is 0 Å². The fourth-order valence-electron chi connectivity index (χ4n) is 2.77. The van der Waals surface area contributed by atoms with Crippen molar-refractivity contribution in [2.75, 3.05) is 13.1 Å². The fourth-order valence-corrected chi connectivity index (χ4v) is 2.77. The Morgan fingerprint density at radius 2 is 2.26 bits per heavy atom. The van der Waals surface area contributed by atoms with Crippen LogP contribution in [0.2, 0.25) is 0 Å². The highest BCUT2D eigenvalue weighted by molar-refractivity contribution is 5.63. The van der Waals surface area contributed by atoms with Crippen LogP contribution in [0.1, 0.15) is 23.6 Å². The van der Waals surface area contributed by atoms with E-state index < -0.39 is 0 Å². The van der Waals surface area contributed by atoms with Gasteiger partial charge in [-0.1, -0.05) is 11.2 Å². The number of aromatic nitrogens is 2. The Balaban J connectivity index is 1.87. The topological polar surface area (TPSA) is 51.0 Å². The molecule has 4 heteroatoms. The standard InChI is InChI=1S/C15H19N3O/c1-10-15(11(2)19-18-10)14-5-3-4-13(17-14)8-12-6-7-16-9-12/h3-5,12,16H,6-9H2,1-2H3/t12-/m0/s1. The molecule has 1 saturated heterocycles. The molecule has 0 aromatic carbocycles. The third kappa shape index (κ3) is 2.54. The van der Waals surface area contributed by atoms with Gasteiger partial charge in [0.15, 0.2) is 0 Å². The minimum Gasteiger partial charge on any atom is -0.361 e. The lowest BCUT2D eigenvalue weighted by Gasteiger charge is -2.08. The van der Waals surface area contributed by atoms with E-state index in [2.05, 4.69) is 22.6 Å². The molecule has 0 amide bonds. The Morgan fingerprint density at radius 3 is 2.95 bits per heavy atom. The Kier molecular flexibility index (Phi) is 3.34. The van der Waals surface area contributed by atoms with Crippen LogP contribution in [0.5, 0.6) is 0 Å². The van der Waals surface area contributed by atoms with Gasteiger partial charge in [-0.15, -0.1) is 0 Å². The van der Waals surface area contributed by atoms with Crippen LogP contribution in [0.3, 0.4) is 0 Å². The average molecular weight is 257 g/mol. The molecule has 2 aromatic heterocycles. The minimum absolute atomic E-state index is 0.715.